The number of nitrogens with one attached hydrogen (secondary N) is 4. The molecule has 13 heteroatoms. The van der Waals surface area contributed by atoms with Gasteiger partial charge >= 0.3 is 5.97 Å². The topological polar surface area (TPSA) is 236 Å². The van der Waals surface area contributed by atoms with E-state index in [1.807, 2.05) is 24.3 Å². The molecule has 2 rings (SSSR count). The summed E-state index contributed by atoms with van der Waals surface area (Å²) in [6.45, 7) is 1.80. The van der Waals surface area contributed by atoms with Crippen molar-refractivity contribution in [2.24, 2.45) is 17.2 Å². The van der Waals surface area contributed by atoms with Gasteiger partial charge < -0.3 is 43.2 Å². The third-order valence-electron chi connectivity index (χ3n) is 6.08. The van der Waals surface area contributed by atoms with Crippen molar-refractivity contribution in [1.82, 2.24) is 20.9 Å². The maximum atomic E-state index is 12.8. The number of rotatable bonds is 16. The van der Waals surface area contributed by atoms with E-state index in [0.29, 0.717) is 19.4 Å². The minimum absolute atomic E-state index is 0.148. The molecule has 1 aromatic heterocycles. The maximum absolute atomic E-state index is 12.8. The Hall–Kier alpha value is -3.97. The molecular formula is C25H37N7O6. The van der Waals surface area contributed by atoms with Gasteiger partial charge in [0.15, 0.2) is 0 Å². The first-order valence-electron chi connectivity index (χ1n) is 12.5. The highest BCUT2D eigenvalue weighted by atomic mass is 16.4. The molecule has 0 bridgehead atoms. The lowest BCUT2D eigenvalue weighted by Gasteiger charge is -2.23. The van der Waals surface area contributed by atoms with Crippen molar-refractivity contribution >= 4 is 40.5 Å². The van der Waals surface area contributed by atoms with Crippen LogP contribution in [0, 0.1) is 0 Å². The Bertz CT molecular complexity index is 1130. The highest BCUT2D eigenvalue weighted by molar-refractivity contribution is 5.94. The summed E-state index contributed by atoms with van der Waals surface area (Å²) in [7, 11) is 0. The normalized spacial score (nSPS) is 14.2. The van der Waals surface area contributed by atoms with Crippen LogP contribution in [-0.4, -0.2) is 70.4 Å². The summed E-state index contributed by atoms with van der Waals surface area (Å²) >= 11 is 0. The van der Waals surface area contributed by atoms with Crippen LogP contribution in [0.3, 0.4) is 0 Å². The highest BCUT2D eigenvalue weighted by Gasteiger charge is 2.29. The van der Waals surface area contributed by atoms with Crippen LogP contribution in [0.2, 0.25) is 0 Å². The number of H-pyrrole nitrogens is 1. The molecule has 1 heterocycles. The number of carboxylic acid groups (broad SMARTS) is 1. The van der Waals surface area contributed by atoms with Crippen LogP contribution in [0.1, 0.15) is 44.6 Å². The number of aromatic amines is 1. The lowest BCUT2D eigenvalue weighted by atomic mass is 10.0. The molecule has 0 radical (unpaired) electrons. The molecule has 13 nitrogen and oxygen atoms in total. The molecule has 4 unspecified atom stereocenters. The molecule has 38 heavy (non-hydrogen) atoms. The number of para-hydroxylation sites is 1. The molecule has 4 amide bonds. The number of nitrogens with two attached hydrogens (primary N) is 3. The summed E-state index contributed by atoms with van der Waals surface area (Å²) in [6, 6.07) is 3.13. The number of benzene rings is 1. The summed E-state index contributed by atoms with van der Waals surface area (Å²) in [5, 5.41) is 17.7. The van der Waals surface area contributed by atoms with Crippen molar-refractivity contribution in [3.05, 3.63) is 36.0 Å². The smallest absolute Gasteiger partial charge is 0.326 e. The number of hydrogen-bond acceptors (Lipinski definition) is 7. The average Bonchev–Trinajstić information content (AvgIpc) is 3.28. The average molecular weight is 532 g/mol. The highest BCUT2D eigenvalue weighted by Crippen LogP contribution is 2.18. The van der Waals surface area contributed by atoms with Gasteiger partial charge in [0, 0.05) is 23.5 Å². The van der Waals surface area contributed by atoms with Crippen molar-refractivity contribution in [2.45, 2.75) is 69.6 Å². The fourth-order valence-electron chi connectivity index (χ4n) is 3.89. The van der Waals surface area contributed by atoms with E-state index in [0.717, 1.165) is 16.5 Å². The molecular weight excluding hydrogens is 494 g/mol. The summed E-state index contributed by atoms with van der Waals surface area (Å²) in [5.41, 5.74) is 18.5. The Morgan fingerprint density at radius 2 is 1.63 bits per heavy atom. The zero-order valence-electron chi connectivity index (χ0n) is 21.4. The van der Waals surface area contributed by atoms with E-state index < -0.39 is 53.8 Å². The third-order valence-corrected chi connectivity index (χ3v) is 6.08. The Labute approximate surface area is 220 Å². The SMILES string of the molecule is CC(NC(=O)C(N)Cc1c[nH]c2ccccc12)C(=O)NC(CCC(N)=O)C(=O)NC(CCCCN)C(=O)O. The molecule has 11 N–H and O–H groups in total. The largest absolute Gasteiger partial charge is 0.480 e. The van der Waals surface area contributed by atoms with Crippen LogP contribution < -0.4 is 33.2 Å². The van der Waals surface area contributed by atoms with Gasteiger partial charge in [0.1, 0.15) is 18.1 Å². The lowest BCUT2D eigenvalue weighted by Crippen LogP contribution is -2.56. The Kier molecular flexibility index (Phi) is 11.7. The van der Waals surface area contributed by atoms with Gasteiger partial charge in [0.25, 0.3) is 0 Å². The van der Waals surface area contributed by atoms with Gasteiger partial charge in [-0.25, -0.2) is 4.79 Å². The van der Waals surface area contributed by atoms with E-state index in [1.165, 1.54) is 6.92 Å². The van der Waals surface area contributed by atoms with Crippen LogP contribution in [0.25, 0.3) is 10.9 Å². The summed E-state index contributed by atoms with van der Waals surface area (Å²) in [4.78, 5) is 64.2. The van der Waals surface area contributed by atoms with Gasteiger partial charge in [0.05, 0.1) is 6.04 Å². The first-order valence-corrected chi connectivity index (χ1v) is 12.5. The van der Waals surface area contributed by atoms with Crippen LogP contribution in [0.4, 0.5) is 0 Å². The van der Waals surface area contributed by atoms with Crippen molar-refractivity contribution in [3.63, 3.8) is 0 Å². The van der Waals surface area contributed by atoms with Gasteiger partial charge in [-0.15, -0.1) is 0 Å². The Morgan fingerprint density at radius 1 is 0.947 bits per heavy atom. The summed E-state index contributed by atoms with van der Waals surface area (Å²) in [6.07, 6.45) is 2.85. The molecule has 0 aliphatic carbocycles. The fraction of sp³-hybridized carbons (Fsp3) is 0.480. The van der Waals surface area contributed by atoms with Gasteiger partial charge in [-0.1, -0.05) is 18.2 Å². The zero-order chi connectivity index (χ0) is 28.2. The fourth-order valence-corrected chi connectivity index (χ4v) is 3.89. The minimum atomic E-state index is -1.24. The molecule has 0 aliphatic heterocycles. The second-order valence-corrected chi connectivity index (χ2v) is 9.15. The van der Waals surface area contributed by atoms with Crippen LogP contribution in [-0.2, 0) is 30.4 Å². The number of unbranched alkanes of at least 4 members (excludes halogenated alkanes) is 1. The summed E-state index contributed by atoms with van der Waals surface area (Å²) in [5.74, 6) is -3.99. The van der Waals surface area contributed by atoms with Crippen molar-refractivity contribution in [2.75, 3.05) is 6.54 Å². The molecule has 0 spiro atoms. The Morgan fingerprint density at radius 3 is 2.29 bits per heavy atom. The number of primary amides is 1. The van der Waals surface area contributed by atoms with E-state index in [2.05, 4.69) is 20.9 Å². The number of carbonyl (C=O) groups is 5. The number of aliphatic carboxylic acids is 1. The predicted octanol–water partition coefficient (Wildman–Crippen LogP) is -1.01. The van der Waals surface area contributed by atoms with Gasteiger partial charge in [-0.05, 0) is 57.2 Å². The number of hydrogen-bond donors (Lipinski definition) is 8. The molecule has 0 aliphatic rings. The van der Waals surface area contributed by atoms with Gasteiger partial charge in [0.2, 0.25) is 23.6 Å². The maximum Gasteiger partial charge on any atom is 0.326 e. The van der Waals surface area contributed by atoms with Crippen LogP contribution >= 0.6 is 0 Å². The Balaban J connectivity index is 1.99. The number of carboxylic acids is 1. The summed E-state index contributed by atoms with van der Waals surface area (Å²) < 4.78 is 0. The predicted molar refractivity (Wildman–Crippen MR) is 140 cm³/mol. The lowest BCUT2D eigenvalue weighted by molar-refractivity contribution is -0.142. The van der Waals surface area contributed by atoms with E-state index in [4.69, 9.17) is 17.2 Å². The second kappa shape index (κ2) is 14.7. The number of carbonyl (C=O) groups excluding carboxylic acids is 4. The van der Waals surface area contributed by atoms with Gasteiger partial charge in [-0.2, -0.15) is 0 Å². The number of aromatic nitrogens is 1. The molecule has 1 aromatic carbocycles. The zero-order valence-corrected chi connectivity index (χ0v) is 21.4. The third kappa shape index (κ3) is 9.16. The number of fused-ring (bicyclic) bond motifs is 1. The van der Waals surface area contributed by atoms with Crippen molar-refractivity contribution in [1.29, 1.82) is 0 Å². The van der Waals surface area contributed by atoms with Crippen LogP contribution in [0.5, 0.6) is 0 Å². The van der Waals surface area contributed by atoms with Gasteiger partial charge in [-0.3, -0.25) is 19.2 Å². The molecule has 0 saturated heterocycles. The molecule has 0 saturated carbocycles. The van der Waals surface area contributed by atoms with Crippen molar-refractivity contribution in [3.8, 4) is 0 Å². The quantitative estimate of drug-likeness (QED) is 0.125. The van der Waals surface area contributed by atoms with E-state index in [1.54, 1.807) is 6.20 Å². The molecule has 0 fully saturated rings. The minimum Gasteiger partial charge on any atom is -0.480 e. The molecule has 4 atom stereocenters. The molecule has 208 valence electrons. The first-order chi connectivity index (χ1) is 18.0. The second-order valence-electron chi connectivity index (χ2n) is 9.15. The van der Waals surface area contributed by atoms with Crippen molar-refractivity contribution < 1.29 is 29.1 Å². The van der Waals surface area contributed by atoms with Crippen LogP contribution in [0.15, 0.2) is 30.5 Å². The number of amides is 4. The first kappa shape index (κ1) is 30.3. The van der Waals surface area contributed by atoms with E-state index in [9.17, 15) is 29.1 Å². The molecule has 2 aromatic rings. The van der Waals surface area contributed by atoms with E-state index in [-0.39, 0.29) is 25.7 Å². The monoisotopic (exact) mass is 531 g/mol. The standard InChI is InChI=1S/C25H37N7O6/c1-14(30-23(35)17(27)12-15-13-29-18-7-3-2-6-16(15)18)22(34)31-19(9-10-21(28)33)24(36)32-20(25(37)38)8-4-5-11-26/h2-3,6-7,13-14,17,19-20,29H,4-5,8-12,26-27H2,1H3,(H2,28,33)(H,30,35)(H,31,34)(H,32,36)(H,37,38). The van der Waals surface area contributed by atoms with E-state index >= 15 is 0 Å².